The Hall–Kier alpha value is -4.19. The van der Waals surface area contributed by atoms with Crippen LogP contribution in [0.4, 0.5) is 15.9 Å². The van der Waals surface area contributed by atoms with E-state index in [9.17, 15) is 14.7 Å². The van der Waals surface area contributed by atoms with Crippen LogP contribution in [0.3, 0.4) is 0 Å². The van der Waals surface area contributed by atoms with Crippen molar-refractivity contribution in [3.05, 3.63) is 42.6 Å². The minimum Gasteiger partial charge on any atom is -0.481 e. The van der Waals surface area contributed by atoms with Crippen molar-refractivity contribution >= 4 is 44.6 Å². The van der Waals surface area contributed by atoms with Crippen molar-refractivity contribution in [1.29, 1.82) is 0 Å². The molecule has 1 aliphatic heterocycles. The third kappa shape index (κ3) is 4.99. The number of hydrogen-bond acceptors (Lipinski definition) is 9. The summed E-state index contributed by atoms with van der Waals surface area (Å²) in [5.74, 6) is -0.182. The molecule has 196 valence electrons. The number of nitrogens with zero attached hydrogens (tertiary/aromatic N) is 6. The molecule has 1 aliphatic rings. The van der Waals surface area contributed by atoms with E-state index in [2.05, 4.69) is 35.6 Å². The summed E-state index contributed by atoms with van der Waals surface area (Å²) in [5.41, 5.74) is 4.04. The van der Waals surface area contributed by atoms with E-state index in [-0.39, 0.29) is 6.03 Å². The number of piperidine rings is 1. The molecule has 4 heterocycles. The van der Waals surface area contributed by atoms with Crippen molar-refractivity contribution < 1.29 is 14.7 Å². The first kappa shape index (κ1) is 25.5. The van der Waals surface area contributed by atoms with Gasteiger partial charge in [-0.05, 0) is 51.3 Å². The average molecular weight is 533 g/mol. The summed E-state index contributed by atoms with van der Waals surface area (Å²) < 4.78 is 0.886. The van der Waals surface area contributed by atoms with Crippen LogP contribution < -0.4 is 15.5 Å². The van der Waals surface area contributed by atoms with Crippen LogP contribution in [0.1, 0.15) is 32.4 Å². The zero-order valence-electron chi connectivity index (χ0n) is 21.4. The van der Waals surface area contributed by atoms with Crippen LogP contribution in [0.15, 0.2) is 36.9 Å². The smallest absolute Gasteiger partial charge is 0.321 e. The fourth-order valence-electron chi connectivity index (χ4n) is 4.45. The minimum absolute atomic E-state index is 0.311. The Kier molecular flexibility index (Phi) is 6.89. The van der Waals surface area contributed by atoms with E-state index in [0.717, 1.165) is 32.8 Å². The second-order valence-electron chi connectivity index (χ2n) is 9.49. The molecule has 11 nitrogen and oxygen atoms in total. The number of hydrogen-bond donors (Lipinski definition) is 3. The van der Waals surface area contributed by atoms with E-state index in [1.165, 1.54) is 11.3 Å². The van der Waals surface area contributed by atoms with Gasteiger partial charge in [-0.3, -0.25) is 20.1 Å². The Morgan fingerprint density at radius 2 is 1.79 bits per heavy atom. The minimum atomic E-state index is -0.760. The first-order valence-electron chi connectivity index (χ1n) is 12.4. The molecule has 38 heavy (non-hydrogen) atoms. The number of aryl methyl sites for hydroxylation is 1. The number of rotatable bonds is 6. The summed E-state index contributed by atoms with van der Waals surface area (Å²) in [6.07, 6.45) is 7.93. The lowest BCUT2D eigenvalue weighted by Crippen LogP contribution is -2.43. The molecule has 1 fully saturated rings. The fraction of sp³-hybridized carbons (Fsp3) is 0.346. The molecule has 0 bridgehead atoms. The maximum Gasteiger partial charge on any atom is 0.321 e. The standard InChI is InChI=1S/C26H28N8O3S/c1-4-27-24(37)33-25-32-19-12-16(11-18(21(19)38-25)20-15(2)28-7-8-29-20)17-13-30-23(31-14-17)34-9-5-26(3,6-10-34)22(35)36/h7-8,11-14H,4-6,9-10H2,1-3H3,(H,35,36)(H2,27,32,33,37). The largest absolute Gasteiger partial charge is 0.481 e. The maximum atomic E-state index is 12.1. The van der Waals surface area contributed by atoms with Crippen molar-refractivity contribution in [2.24, 2.45) is 5.41 Å². The molecular formula is C26H28N8O3S. The summed E-state index contributed by atoms with van der Waals surface area (Å²) in [6, 6.07) is 3.65. The van der Waals surface area contributed by atoms with Gasteiger partial charge in [0.25, 0.3) is 0 Å². The number of urea groups is 1. The number of benzene rings is 1. The van der Waals surface area contributed by atoms with Crippen molar-refractivity contribution in [3.8, 4) is 22.4 Å². The number of nitrogens with one attached hydrogen (secondary N) is 2. The highest BCUT2D eigenvalue weighted by Crippen LogP contribution is 2.39. The lowest BCUT2D eigenvalue weighted by Gasteiger charge is -2.36. The number of carbonyl (C=O) groups is 2. The number of fused-ring (bicyclic) bond motifs is 1. The molecule has 3 aromatic heterocycles. The molecule has 12 heteroatoms. The van der Waals surface area contributed by atoms with Gasteiger partial charge in [0, 0.05) is 55.5 Å². The normalized spacial score (nSPS) is 14.9. The van der Waals surface area contributed by atoms with Crippen LogP contribution >= 0.6 is 11.3 Å². The van der Waals surface area contributed by atoms with Crippen LogP contribution in [0.25, 0.3) is 32.6 Å². The highest BCUT2D eigenvalue weighted by Gasteiger charge is 2.37. The maximum absolute atomic E-state index is 12.1. The van der Waals surface area contributed by atoms with Gasteiger partial charge in [-0.2, -0.15) is 0 Å². The van der Waals surface area contributed by atoms with Gasteiger partial charge < -0.3 is 15.3 Å². The van der Waals surface area contributed by atoms with Crippen LogP contribution in [0.2, 0.25) is 0 Å². The summed E-state index contributed by atoms with van der Waals surface area (Å²) in [5, 5.41) is 15.5. The second-order valence-corrected chi connectivity index (χ2v) is 10.5. The molecule has 2 amide bonds. The zero-order valence-corrected chi connectivity index (χ0v) is 22.2. The topological polar surface area (TPSA) is 146 Å². The van der Waals surface area contributed by atoms with Crippen molar-refractivity contribution in [2.75, 3.05) is 29.9 Å². The Bertz CT molecular complexity index is 1500. The monoisotopic (exact) mass is 532 g/mol. The van der Waals surface area contributed by atoms with Gasteiger partial charge in [0.05, 0.1) is 27.0 Å². The highest BCUT2D eigenvalue weighted by molar-refractivity contribution is 7.22. The number of carboxylic acids is 1. The molecule has 1 aromatic carbocycles. The van der Waals surface area contributed by atoms with Crippen molar-refractivity contribution in [2.45, 2.75) is 33.6 Å². The molecule has 3 N–H and O–H groups in total. The van der Waals surface area contributed by atoms with E-state index in [1.807, 2.05) is 30.9 Å². The summed E-state index contributed by atoms with van der Waals surface area (Å²) in [4.78, 5) is 48.5. The first-order chi connectivity index (χ1) is 18.3. The number of carbonyl (C=O) groups excluding carboxylic acids is 1. The van der Waals surface area contributed by atoms with Crippen LogP contribution in [0.5, 0.6) is 0 Å². The first-order valence-corrected chi connectivity index (χ1v) is 13.2. The predicted octanol–water partition coefficient (Wildman–Crippen LogP) is 4.35. The molecule has 0 atom stereocenters. The van der Waals surface area contributed by atoms with E-state index in [0.29, 0.717) is 49.1 Å². The molecule has 0 spiro atoms. The van der Waals surface area contributed by atoms with E-state index >= 15 is 0 Å². The molecular weight excluding hydrogens is 504 g/mol. The summed E-state index contributed by atoms with van der Waals surface area (Å²) >= 11 is 1.38. The molecule has 1 saturated heterocycles. The number of aliphatic carboxylic acids is 1. The number of aromatic nitrogens is 5. The van der Waals surface area contributed by atoms with Gasteiger partial charge in [0.1, 0.15) is 0 Å². The van der Waals surface area contributed by atoms with Gasteiger partial charge in [0.2, 0.25) is 5.95 Å². The fourth-order valence-corrected chi connectivity index (χ4v) is 5.41. The predicted molar refractivity (Wildman–Crippen MR) is 146 cm³/mol. The molecule has 0 radical (unpaired) electrons. The van der Waals surface area contributed by atoms with Crippen molar-refractivity contribution in [3.63, 3.8) is 0 Å². The Morgan fingerprint density at radius 3 is 2.45 bits per heavy atom. The number of carboxylic acid groups (broad SMARTS) is 1. The number of anilines is 2. The summed E-state index contributed by atoms with van der Waals surface area (Å²) in [7, 11) is 0. The second kappa shape index (κ2) is 10.3. The lowest BCUT2D eigenvalue weighted by atomic mass is 9.80. The van der Waals surface area contributed by atoms with Gasteiger partial charge >= 0.3 is 12.0 Å². The molecule has 0 unspecified atom stereocenters. The highest BCUT2D eigenvalue weighted by atomic mass is 32.1. The quantitative estimate of drug-likeness (QED) is 0.330. The Balaban J connectivity index is 1.49. The van der Waals surface area contributed by atoms with E-state index < -0.39 is 11.4 Å². The zero-order chi connectivity index (χ0) is 26.9. The number of thiazole rings is 1. The van der Waals surface area contributed by atoms with Gasteiger partial charge in [-0.1, -0.05) is 11.3 Å². The third-order valence-corrected chi connectivity index (χ3v) is 7.84. The SMILES string of the molecule is CCNC(=O)Nc1nc2cc(-c3cnc(N4CCC(C)(C(=O)O)CC4)nc3)cc(-c3nccnc3C)c2s1. The molecule has 0 saturated carbocycles. The van der Waals surface area contributed by atoms with Crippen LogP contribution in [-0.2, 0) is 4.79 Å². The van der Waals surface area contributed by atoms with E-state index in [4.69, 9.17) is 0 Å². The molecule has 0 aliphatic carbocycles. The van der Waals surface area contributed by atoms with Crippen molar-refractivity contribution in [1.82, 2.24) is 30.2 Å². The molecule has 5 rings (SSSR count). The molecule has 4 aromatic rings. The van der Waals surface area contributed by atoms with Gasteiger partial charge in [0.15, 0.2) is 5.13 Å². The van der Waals surface area contributed by atoms with Crippen LogP contribution in [-0.4, -0.2) is 61.7 Å². The Morgan fingerprint density at radius 1 is 1.08 bits per heavy atom. The van der Waals surface area contributed by atoms with Gasteiger partial charge in [-0.25, -0.2) is 19.7 Å². The van der Waals surface area contributed by atoms with Crippen LogP contribution in [0, 0.1) is 12.3 Å². The number of amides is 2. The van der Waals surface area contributed by atoms with Gasteiger partial charge in [-0.15, -0.1) is 0 Å². The average Bonchev–Trinajstić information content (AvgIpc) is 3.31. The van der Waals surface area contributed by atoms with E-state index in [1.54, 1.807) is 31.7 Å². The Labute approximate surface area is 223 Å². The summed E-state index contributed by atoms with van der Waals surface area (Å²) in [6.45, 7) is 7.23. The lowest BCUT2D eigenvalue weighted by molar-refractivity contribution is -0.149. The third-order valence-electron chi connectivity index (χ3n) is 6.82.